The molecule has 0 aromatic heterocycles. The van der Waals surface area contributed by atoms with Crippen LogP contribution in [-0.2, 0) is 11.2 Å². The fourth-order valence-corrected chi connectivity index (χ4v) is 3.23. The van der Waals surface area contributed by atoms with Gasteiger partial charge in [-0.3, -0.25) is 4.79 Å². The number of carbonyl (C=O) groups is 1. The third kappa shape index (κ3) is 4.41. The summed E-state index contributed by atoms with van der Waals surface area (Å²) in [5.74, 6) is 0.881. The number of rotatable bonds is 6. The standard InChI is InChI=1S/C19H28O2/c1-4-15-9-11-17(12-10-15)19(20)14(3)21-18-8-6-7-16(5-2)13-18/h9-12,14,16,18H,4-8,13H2,1-3H3. The molecule has 21 heavy (non-hydrogen) atoms. The second-order valence-corrected chi connectivity index (χ2v) is 6.26. The fraction of sp³-hybridized carbons (Fsp3) is 0.632. The monoisotopic (exact) mass is 288 g/mol. The SMILES string of the molecule is CCc1ccc(C(=O)C(C)OC2CCCC(CC)C2)cc1. The minimum atomic E-state index is -0.335. The van der Waals surface area contributed by atoms with Gasteiger partial charge in [0.2, 0.25) is 0 Å². The van der Waals surface area contributed by atoms with Crippen LogP contribution in [0.5, 0.6) is 0 Å². The number of benzene rings is 1. The molecule has 1 aliphatic carbocycles. The topological polar surface area (TPSA) is 26.3 Å². The van der Waals surface area contributed by atoms with Crippen LogP contribution in [-0.4, -0.2) is 18.0 Å². The number of aryl methyl sites for hydroxylation is 1. The maximum absolute atomic E-state index is 12.4. The summed E-state index contributed by atoms with van der Waals surface area (Å²) < 4.78 is 6.05. The Balaban J connectivity index is 1.92. The van der Waals surface area contributed by atoms with Crippen molar-refractivity contribution in [1.29, 1.82) is 0 Å². The minimum absolute atomic E-state index is 0.108. The van der Waals surface area contributed by atoms with Gasteiger partial charge in [0.15, 0.2) is 5.78 Å². The van der Waals surface area contributed by atoms with Crippen molar-refractivity contribution < 1.29 is 9.53 Å². The van der Waals surface area contributed by atoms with Gasteiger partial charge in [0.1, 0.15) is 6.10 Å². The zero-order valence-corrected chi connectivity index (χ0v) is 13.6. The van der Waals surface area contributed by atoms with Crippen LogP contribution in [0.4, 0.5) is 0 Å². The summed E-state index contributed by atoms with van der Waals surface area (Å²) >= 11 is 0. The van der Waals surface area contributed by atoms with E-state index in [1.165, 1.54) is 24.8 Å². The summed E-state index contributed by atoms with van der Waals surface area (Å²) in [4.78, 5) is 12.4. The lowest BCUT2D eigenvalue weighted by Gasteiger charge is -2.30. The first-order chi connectivity index (χ1) is 10.1. The Morgan fingerprint density at radius 3 is 2.57 bits per heavy atom. The lowest BCUT2D eigenvalue weighted by molar-refractivity contribution is -0.0221. The summed E-state index contributed by atoms with van der Waals surface area (Å²) in [6, 6.07) is 7.93. The summed E-state index contributed by atoms with van der Waals surface area (Å²) in [6.45, 7) is 6.26. The third-order valence-corrected chi connectivity index (χ3v) is 4.72. The first kappa shape index (κ1) is 16.2. The van der Waals surface area contributed by atoms with Crippen LogP contribution in [0.15, 0.2) is 24.3 Å². The normalized spacial score (nSPS) is 23.8. The maximum atomic E-state index is 12.4. The fourth-order valence-electron chi connectivity index (χ4n) is 3.23. The van der Waals surface area contributed by atoms with Crippen LogP contribution in [0.1, 0.15) is 68.8 Å². The van der Waals surface area contributed by atoms with E-state index in [2.05, 4.69) is 13.8 Å². The van der Waals surface area contributed by atoms with E-state index in [0.29, 0.717) is 0 Å². The molecule has 116 valence electrons. The first-order valence-electron chi connectivity index (χ1n) is 8.42. The van der Waals surface area contributed by atoms with Crippen LogP contribution in [0, 0.1) is 5.92 Å². The van der Waals surface area contributed by atoms with Crippen molar-refractivity contribution >= 4 is 5.78 Å². The van der Waals surface area contributed by atoms with Gasteiger partial charge >= 0.3 is 0 Å². The smallest absolute Gasteiger partial charge is 0.191 e. The number of ketones is 1. The molecule has 1 aliphatic rings. The molecule has 1 aromatic rings. The molecule has 0 spiro atoms. The lowest BCUT2D eigenvalue weighted by atomic mass is 9.85. The average molecular weight is 288 g/mol. The molecular weight excluding hydrogens is 260 g/mol. The van der Waals surface area contributed by atoms with E-state index in [1.807, 2.05) is 31.2 Å². The second-order valence-electron chi connectivity index (χ2n) is 6.26. The highest BCUT2D eigenvalue weighted by atomic mass is 16.5. The Bertz CT molecular complexity index is 449. The molecule has 0 N–H and O–H groups in total. The predicted molar refractivity (Wildman–Crippen MR) is 86.7 cm³/mol. The molecule has 1 fully saturated rings. The van der Waals surface area contributed by atoms with Gasteiger partial charge in [-0.15, -0.1) is 0 Å². The van der Waals surface area contributed by atoms with Gasteiger partial charge in [-0.25, -0.2) is 0 Å². The summed E-state index contributed by atoms with van der Waals surface area (Å²) in [7, 11) is 0. The summed E-state index contributed by atoms with van der Waals surface area (Å²) in [5.41, 5.74) is 2.03. The summed E-state index contributed by atoms with van der Waals surface area (Å²) in [5, 5.41) is 0. The molecule has 3 atom stereocenters. The Hall–Kier alpha value is -1.15. The molecule has 0 bridgehead atoms. The minimum Gasteiger partial charge on any atom is -0.367 e. The molecular formula is C19H28O2. The average Bonchev–Trinajstić information content (AvgIpc) is 2.54. The zero-order chi connectivity index (χ0) is 15.2. The van der Waals surface area contributed by atoms with Crippen molar-refractivity contribution in [1.82, 2.24) is 0 Å². The van der Waals surface area contributed by atoms with Crippen molar-refractivity contribution in [3.63, 3.8) is 0 Å². The van der Waals surface area contributed by atoms with Gasteiger partial charge in [-0.1, -0.05) is 57.4 Å². The van der Waals surface area contributed by atoms with E-state index in [-0.39, 0.29) is 18.0 Å². The quantitative estimate of drug-likeness (QED) is 0.702. The molecule has 3 unspecified atom stereocenters. The van der Waals surface area contributed by atoms with Gasteiger partial charge in [0.25, 0.3) is 0 Å². The molecule has 0 saturated heterocycles. The van der Waals surface area contributed by atoms with Crippen LogP contribution >= 0.6 is 0 Å². The molecule has 0 aliphatic heterocycles. The van der Waals surface area contributed by atoms with Gasteiger partial charge in [0, 0.05) is 5.56 Å². The van der Waals surface area contributed by atoms with E-state index >= 15 is 0 Å². The Labute approximate surface area is 128 Å². The summed E-state index contributed by atoms with van der Waals surface area (Å²) in [6.07, 6.45) is 6.91. The Morgan fingerprint density at radius 1 is 1.24 bits per heavy atom. The van der Waals surface area contributed by atoms with Gasteiger partial charge in [-0.2, -0.15) is 0 Å². The molecule has 1 aromatic carbocycles. The highest BCUT2D eigenvalue weighted by Gasteiger charge is 2.25. The van der Waals surface area contributed by atoms with E-state index in [0.717, 1.165) is 30.7 Å². The van der Waals surface area contributed by atoms with Crippen molar-refractivity contribution in [3.8, 4) is 0 Å². The first-order valence-corrected chi connectivity index (χ1v) is 8.42. The highest BCUT2D eigenvalue weighted by molar-refractivity contribution is 5.99. The Kier molecular flexibility index (Phi) is 5.98. The number of ether oxygens (including phenoxy) is 1. The molecule has 1 saturated carbocycles. The Morgan fingerprint density at radius 2 is 1.95 bits per heavy atom. The maximum Gasteiger partial charge on any atom is 0.191 e. The largest absolute Gasteiger partial charge is 0.367 e. The van der Waals surface area contributed by atoms with Crippen molar-refractivity contribution in [2.45, 2.75) is 71.5 Å². The van der Waals surface area contributed by atoms with Crippen molar-refractivity contribution in [2.24, 2.45) is 5.92 Å². The van der Waals surface area contributed by atoms with Gasteiger partial charge in [-0.05, 0) is 37.7 Å². The molecule has 2 heteroatoms. The second kappa shape index (κ2) is 7.74. The van der Waals surface area contributed by atoms with E-state index in [9.17, 15) is 4.79 Å². The van der Waals surface area contributed by atoms with E-state index in [4.69, 9.17) is 4.74 Å². The molecule has 2 rings (SSSR count). The van der Waals surface area contributed by atoms with Crippen LogP contribution in [0.25, 0.3) is 0 Å². The van der Waals surface area contributed by atoms with E-state index < -0.39 is 0 Å². The number of hydrogen-bond acceptors (Lipinski definition) is 2. The zero-order valence-electron chi connectivity index (χ0n) is 13.6. The predicted octanol–water partition coefficient (Wildman–Crippen LogP) is 4.81. The molecule has 0 heterocycles. The third-order valence-electron chi connectivity index (χ3n) is 4.72. The van der Waals surface area contributed by atoms with Crippen LogP contribution < -0.4 is 0 Å². The lowest BCUT2D eigenvalue weighted by Crippen LogP contribution is -2.30. The highest BCUT2D eigenvalue weighted by Crippen LogP contribution is 2.29. The van der Waals surface area contributed by atoms with E-state index in [1.54, 1.807) is 0 Å². The molecule has 0 radical (unpaired) electrons. The molecule has 2 nitrogen and oxygen atoms in total. The van der Waals surface area contributed by atoms with Crippen molar-refractivity contribution in [3.05, 3.63) is 35.4 Å². The van der Waals surface area contributed by atoms with Crippen molar-refractivity contribution in [2.75, 3.05) is 0 Å². The number of hydrogen-bond donors (Lipinski definition) is 0. The van der Waals surface area contributed by atoms with Gasteiger partial charge in [0.05, 0.1) is 6.10 Å². The van der Waals surface area contributed by atoms with Crippen LogP contribution in [0.2, 0.25) is 0 Å². The number of Topliss-reactive ketones (excluding diaryl/α,β-unsaturated/α-hetero) is 1. The van der Waals surface area contributed by atoms with Gasteiger partial charge < -0.3 is 4.74 Å². The number of carbonyl (C=O) groups excluding carboxylic acids is 1. The van der Waals surface area contributed by atoms with Crippen LogP contribution in [0.3, 0.4) is 0 Å². The molecule has 0 amide bonds.